The van der Waals surface area contributed by atoms with Crippen molar-refractivity contribution in [2.45, 2.75) is 46.4 Å². The summed E-state index contributed by atoms with van der Waals surface area (Å²) in [5.74, 6) is 0.687. The molecule has 0 saturated carbocycles. The molecular weight excluding hydrogens is 422 g/mol. The standard InChI is InChI=1S/C25H27N3O5/c1-3-16-26-22(23(28(31)32)24(29)27(17-4-2)25(26)30)15-12-19-10-13-21(14-11-19)33-18-20-8-6-5-7-9-20/h5-15H,3-4,16-18H2,1-2H3/b15-12+. The van der Waals surface area contributed by atoms with Gasteiger partial charge in [0.05, 0.1) is 4.92 Å². The van der Waals surface area contributed by atoms with Crippen molar-refractivity contribution in [2.24, 2.45) is 0 Å². The number of hydrogen-bond donors (Lipinski definition) is 0. The van der Waals surface area contributed by atoms with Crippen LogP contribution in [0.3, 0.4) is 0 Å². The summed E-state index contributed by atoms with van der Waals surface area (Å²) in [6, 6.07) is 17.0. The van der Waals surface area contributed by atoms with Crippen LogP contribution in [0, 0.1) is 10.1 Å². The molecule has 1 heterocycles. The molecule has 3 aromatic rings. The molecule has 0 saturated heterocycles. The lowest BCUT2D eigenvalue weighted by molar-refractivity contribution is -0.387. The summed E-state index contributed by atoms with van der Waals surface area (Å²) in [6.45, 7) is 4.53. The fraction of sp³-hybridized carbons (Fsp3) is 0.280. The van der Waals surface area contributed by atoms with E-state index in [-0.39, 0.29) is 18.8 Å². The van der Waals surface area contributed by atoms with E-state index in [9.17, 15) is 19.7 Å². The average Bonchev–Trinajstić information content (AvgIpc) is 2.82. The monoisotopic (exact) mass is 449 g/mol. The number of nitro groups is 1. The van der Waals surface area contributed by atoms with Crippen molar-refractivity contribution >= 4 is 17.8 Å². The lowest BCUT2D eigenvalue weighted by Gasteiger charge is -2.13. The third-order valence-corrected chi connectivity index (χ3v) is 5.08. The van der Waals surface area contributed by atoms with Crippen LogP contribution in [-0.2, 0) is 19.7 Å². The first kappa shape index (κ1) is 23.7. The van der Waals surface area contributed by atoms with E-state index in [0.717, 1.165) is 15.7 Å². The molecule has 0 fully saturated rings. The van der Waals surface area contributed by atoms with Crippen LogP contribution in [0.1, 0.15) is 43.5 Å². The Morgan fingerprint density at radius 3 is 2.15 bits per heavy atom. The normalized spacial score (nSPS) is 11.1. The van der Waals surface area contributed by atoms with E-state index in [0.29, 0.717) is 25.2 Å². The van der Waals surface area contributed by atoms with Crippen molar-refractivity contribution < 1.29 is 9.66 Å². The van der Waals surface area contributed by atoms with E-state index in [1.165, 1.54) is 10.6 Å². The fourth-order valence-corrected chi connectivity index (χ4v) is 3.49. The molecule has 1 aromatic heterocycles. The number of benzene rings is 2. The Morgan fingerprint density at radius 2 is 1.55 bits per heavy atom. The Morgan fingerprint density at radius 1 is 0.909 bits per heavy atom. The molecule has 0 atom stereocenters. The first-order chi connectivity index (χ1) is 16.0. The highest BCUT2D eigenvalue weighted by Gasteiger charge is 2.25. The second-order valence-electron chi connectivity index (χ2n) is 7.56. The molecule has 8 heteroatoms. The van der Waals surface area contributed by atoms with Crippen molar-refractivity contribution in [1.29, 1.82) is 0 Å². The molecular formula is C25H27N3O5. The summed E-state index contributed by atoms with van der Waals surface area (Å²) < 4.78 is 8.03. The molecule has 0 bridgehead atoms. The minimum Gasteiger partial charge on any atom is -0.489 e. The van der Waals surface area contributed by atoms with Gasteiger partial charge in [-0.05, 0) is 42.2 Å². The van der Waals surface area contributed by atoms with Crippen molar-refractivity contribution in [1.82, 2.24) is 9.13 Å². The molecule has 0 aliphatic rings. The number of ether oxygens (including phenoxy) is 1. The average molecular weight is 450 g/mol. The topological polar surface area (TPSA) is 96.4 Å². The SMILES string of the molecule is CCCn1c(/C=C/c2ccc(OCc3ccccc3)cc2)c([N+](=O)[O-])c(=O)n(CCC)c1=O. The van der Waals surface area contributed by atoms with Gasteiger partial charge >= 0.3 is 16.9 Å². The Labute approximate surface area is 191 Å². The van der Waals surface area contributed by atoms with Crippen molar-refractivity contribution in [3.05, 3.63) is 102 Å². The smallest absolute Gasteiger partial charge is 0.357 e. The Balaban J connectivity index is 1.91. The van der Waals surface area contributed by atoms with Crippen LogP contribution >= 0.6 is 0 Å². The fourth-order valence-electron chi connectivity index (χ4n) is 3.49. The first-order valence-electron chi connectivity index (χ1n) is 10.9. The summed E-state index contributed by atoms with van der Waals surface area (Å²) >= 11 is 0. The number of nitrogens with zero attached hydrogens (tertiary/aromatic N) is 3. The van der Waals surface area contributed by atoms with Crippen molar-refractivity contribution in [3.8, 4) is 5.75 Å². The maximum absolute atomic E-state index is 12.9. The van der Waals surface area contributed by atoms with Gasteiger partial charge in [-0.25, -0.2) is 4.79 Å². The van der Waals surface area contributed by atoms with Crippen LogP contribution in [0.2, 0.25) is 0 Å². The van der Waals surface area contributed by atoms with E-state index < -0.39 is 21.9 Å². The quantitative estimate of drug-likeness (QED) is 0.336. The highest BCUT2D eigenvalue weighted by Crippen LogP contribution is 2.19. The molecule has 0 aliphatic heterocycles. The molecule has 0 aliphatic carbocycles. The third-order valence-electron chi connectivity index (χ3n) is 5.08. The van der Waals surface area contributed by atoms with Gasteiger partial charge < -0.3 is 4.74 Å². The lowest BCUT2D eigenvalue weighted by atomic mass is 10.1. The first-order valence-corrected chi connectivity index (χ1v) is 10.9. The molecule has 2 aromatic carbocycles. The Bertz CT molecular complexity index is 1240. The van der Waals surface area contributed by atoms with Gasteiger partial charge in [-0.3, -0.25) is 24.0 Å². The second kappa shape index (κ2) is 11.1. The second-order valence-corrected chi connectivity index (χ2v) is 7.56. The molecule has 172 valence electrons. The zero-order valence-corrected chi connectivity index (χ0v) is 18.8. The van der Waals surface area contributed by atoms with Crippen LogP contribution in [0.25, 0.3) is 12.2 Å². The summed E-state index contributed by atoms with van der Waals surface area (Å²) in [6.07, 6.45) is 4.23. The number of rotatable bonds is 10. The third kappa shape index (κ3) is 5.65. The highest BCUT2D eigenvalue weighted by molar-refractivity contribution is 5.72. The number of aromatic nitrogens is 2. The molecule has 0 spiro atoms. The van der Waals surface area contributed by atoms with Gasteiger partial charge in [0.2, 0.25) is 0 Å². The summed E-state index contributed by atoms with van der Waals surface area (Å²) in [5, 5.41) is 11.7. The Hall–Kier alpha value is -3.94. The predicted octanol–water partition coefficient (Wildman–Crippen LogP) is 4.49. The summed E-state index contributed by atoms with van der Waals surface area (Å²) in [7, 11) is 0. The van der Waals surface area contributed by atoms with Gasteiger partial charge in [0, 0.05) is 13.1 Å². The molecule has 8 nitrogen and oxygen atoms in total. The van der Waals surface area contributed by atoms with Gasteiger partial charge in [0.25, 0.3) is 0 Å². The van der Waals surface area contributed by atoms with E-state index in [4.69, 9.17) is 4.74 Å². The van der Waals surface area contributed by atoms with Crippen LogP contribution in [0.5, 0.6) is 5.75 Å². The minimum atomic E-state index is -0.872. The van der Waals surface area contributed by atoms with Crippen molar-refractivity contribution in [2.75, 3.05) is 0 Å². The minimum absolute atomic E-state index is 0.00797. The van der Waals surface area contributed by atoms with E-state index >= 15 is 0 Å². The van der Waals surface area contributed by atoms with Gasteiger partial charge in [-0.2, -0.15) is 0 Å². The van der Waals surface area contributed by atoms with Crippen LogP contribution in [-0.4, -0.2) is 14.1 Å². The van der Waals surface area contributed by atoms with Crippen molar-refractivity contribution in [3.63, 3.8) is 0 Å². The van der Waals surface area contributed by atoms with Crippen LogP contribution in [0.15, 0.2) is 64.2 Å². The predicted molar refractivity (Wildman–Crippen MR) is 128 cm³/mol. The van der Waals surface area contributed by atoms with E-state index in [1.807, 2.05) is 56.3 Å². The van der Waals surface area contributed by atoms with Gasteiger partial charge in [0.15, 0.2) is 0 Å². The molecule has 0 unspecified atom stereocenters. The van der Waals surface area contributed by atoms with E-state index in [2.05, 4.69) is 0 Å². The van der Waals surface area contributed by atoms with Gasteiger partial charge in [-0.1, -0.05) is 62.4 Å². The van der Waals surface area contributed by atoms with Crippen LogP contribution < -0.4 is 16.0 Å². The van der Waals surface area contributed by atoms with Gasteiger partial charge in [-0.15, -0.1) is 0 Å². The Kier molecular flexibility index (Phi) is 7.96. The maximum atomic E-state index is 12.9. The summed E-state index contributed by atoms with van der Waals surface area (Å²) in [4.78, 5) is 36.6. The largest absolute Gasteiger partial charge is 0.489 e. The summed E-state index contributed by atoms with van der Waals surface area (Å²) in [5.41, 5.74) is -0.170. The lowest BCUT2D eigenvalue weighted by Crippen LogP contribution is -2.42. The molecule has 33 heavy (non-hydrogen) atoms. The van der Waals surface area contributed by atoms with Crippen LogP contribution in [0.4, 0.5) is 5.69 Å². The zero-order chi connectivity index (χ0) is 23.8. The number of hydrogen-bond acceptors (Lipinski definition) is 5. The molecule has 0 N–H and O–H groups in total. The molecule has 0 radical (unpaired) electrons. The highest BCUT2D eigenvalue weighted by atomic mass is 16.6. The molecule has 0 amide bonds. The maximum Gasteiger partial charge on any atom is 0.357 e. The van der Waals surface area contributed by atoms with Gasteiger partial charge in [0.1, 0.15) is 18.1 Å². The zero-order valence-electron chi connectivity index (χ0n) is 18.8. The molecule has 3 rings (SSSR count). The van der Waals surface area contributed by atoms with E-state index in [1.54, 1.807) is 18.2 Å².